The molecule has 4 rings (SSSR count). The van der Waals surface area contributed by atoms with Crippen molar-refractivity contribution in [2.75, 3.05) is 13.2 Å². The molecule has 1 saturated heterocycles. The number of ether oxygens (including phenoxy) is 1. The Morgan fingerprint density at radius 2 is 2.25 bits per heavy atom. The number of nitrogens with zero attached hydrogens (tertiary/aromatic N) is 2. The summed E-state index contributed by atoms with van der Waals surface area (Å²) in [4.78, 5) is 19.7. The minimum Gasteiger partial charge on any atom is -0.381 e. The lowest BCUT2D eigenvalue weighted by atomic mass is 9.86. The average molecular weight is 342 g/mol. The van der Waals surface area contributed by atoms with Crippen LogP contribution >= 0.6 is 11.3 Å². The largest absolute Gasteiger partial charge is 0.381 e. The molecule has 1 aliphatic carbocycles. The van der Waals surface area contributed by atoms with Crippen molar-refractivity contribution in [1.82, 2.24) is 9.88 Å². The summed E-state index contributed by atoms with van der Waals surface area (Å²) in [5.41, 5.74) is 2.70. The number of benzene rings is 1. The van der Waals surface area contributed by atoms with E-state index in [1.165, 1.54) is 11.1 Å². The van der Waals surface area contributed by atoms with E-state index >= 15 is 0 Å². The van der Waals surface area contributed by atoms with Gasteiger partial charge in [0.05, 0.1) is 25.1 Å². The highest BCUT2D eigenvalue weighted by atomic mass is 32.1. The van der Waals surface area contributed by atoms with Crippen LogP contribution in [0.3, 0.4) is 0 Å². The molecule has 0 spiro atoms. The van der Waals surface area contributed by atoms with E-state index in [1.807, 2.05) is 11.6 Å². The fourth-order valence-electron chi connectivity index (χ4n) is 3.83. The first-order valence-electron chi connectivity index (χ1n) is 8.67. The molecule has 2 atom stereocenters. The molecular weight excluding hydrogens is 320 g/mol. The zero-order chi connectivity index (χ0) is 16.4. The number of hydrogen-bond acceptors (Lipinski definition) is 4. The Kier molecular flexibility index (Phi) is 4.63. The lowest BCUT2D eigenvalue weighted by Gasteiger charge is -2.36. The third-order valence-corrected chi connectivity index (χ3v) is 5.83. The van der Waals surface area contributed by atoms with E-state index in [2.05, 4.69) is 34.1 Å². The maximum Gasteiger partial charge on any atom is 0.228 e. The Morgan fingerprint density at radius 3 is 3.04 bits per heavy atom. The number of carbonyl (C=O) groups is 1. The Morgan fingerprint density at radius 1 is 1.33 bits per heavy atom. The minimum atomic E-state index is -0.000879. The van der Waals surface area contributed by atoms with E-state index < -0.39 is 0 Å². The Labute approximate surface area is 146 Å². The van der Waals surface area contributed by atoms with Crippen LogP contribution in [0.15, 0.2) is 35.8 Å². The first-order chi connectivity index (χ1) is 11.8. The molecular formula is C19H22N2O2S. The van der Waals surface area contributed by atoms with Crippen LogP contribution in [0, 0.1) is 5.92 Å². The van der Waals surface area contributed by atoms with Gasteiger partial charge in [-0.1, -0.05) is 24.3 Å². The molecule has 0 radical (unpaired) electrons. The van der Waals surface area contributed by atoms with Crippen LogP contribution in [0.25, 0.3) is 0 Å². The molecule has 1 aromatic carbocycles. The molecule has 0 unspecified atom stereocenters. The topological polar surface area (TPSA) is 42.4 Å². The SMILES string of the molecule is O=C([C@H]1CCOC1)N(Cc1nccs1)[C@H]1CCCc2ccccc21. The van der Waals surface area contributed by atoms with E-state index in [-0.39, 0.29) is 17.9 Å². The van der Waals surface area contributed by atoms with Crippen molar-refractivity contribution in [3.63, 3.8) is 0 Å². The van der Waals surface area contributed by atoms with Crippen molar-refractivity contribution in [3.05, 3.63) is 52.0 Å². The smallest absolute Gasteiger partial charge is 0.228 e. The molecule has 126 valence electrons. The Hall–Kier alpha value is -1.72. The quantitative estimate of drug-likeness (QED) is 0.853. The summed E-state index contributed by atoms with van der Waals surface area (Å²) in [7, 11) is 0. The third-order valence-electron chi connectivity index (χ3n) is 5.07. The number of thiazole rings is 1. The molecule has 1 fully saturated rings. The zero-order valence-electron chi connectivity index (χ0n) is 13.7. The van der Waals surface area contributed by atoms with Crippen LogP contribution in [0.1, 0.15) is 41.4 Å². The van der Waals surface area contributed by atoms with Crippen LogP contribution < -0.4 is 0 Å². The number of fused-ring (bicyclic) bond motifs is 1. The van der Waals surface area contributed by atoms with Crippen molar-refractivity contribution in [1.29, 1.82) is 0 Å². The van der Waals surface area contributed by atoms with Gasteiger partial charge in [-0.3, -0.25) is 4.79 Å². The molecule has 1 amide bonds. The maximum atomic E-state index is 13.2. The van der Waals surface area contributed by atoms with E-state index in [9.17, 15) is 4.79 Å². The first kappa shape index (κ1) is 15.8. The van der Waals surface area contributed by atoms with Gasteiger partial charge in [0.1, 0.15) is 5.01 Å². The predicted octanol–water partition coefficient (Wildman–Crippen LogP) is 3.59. The number of rotatable bonds is 4. The molecule has 1 aromatic heterocycles. The second kappa shape index (κ2) is 7.03. The molecule has 0 N–H and O–H groups in total. The summed E-state index contributed by atoms with van der Waals surface area (Å²) in [5, 5.41) is 2.98. The second-order valence-corrected chi connectivity index (χ2v) is 7.54. The maximum absolute atomic E-state index is 13.2. The monoisotopic (exact) mass is 342 g/mol. The van der Waals surface area contributed by atoms with E-state index in [0.717, 1.165) is 30.7 Å². The highest BCUT2D eigenvalue weighted by Crippen LogP contribution is 2.36. The third kappa shape index (κ3) is 3.10. The number of aromatic nitrogens is 1. The molecule has 0 bridgehead atoms. The van der Waals surface area contributed by atoms with E-state index in [0.29, 0.717) is 19.8 Å². The van der Waals surface area contributed by atoms with Gasteiger partial charge in [0.2, 0.25) is 5.91 Å². The first-order valence-corrected chi connectivity index (χ1v) is 9.55. The average Bonchev–Trinajstić information content (AvgIpc) is 3.32. The van der Waals surface area contributed by atoms with Gasteiger partial charge in [0, 0.05) is 18.2 Å². The number of amides is 1. The number of hydrogen-bond donors (Lipinski definition) is 0. The summed E-state index contributed by atoms with van der Waals surface area (Å²) in [6, 6.07) is 8.73. The summed E-state index contributed by atoms with van der Waals surface area (Å²) < 4.78 is 5.46. The van der Waals surface area contributed by atoms with Crippen molar-refractivity contribution < 1.29 is 9.53 Å². The molecule has 2 heterocycles. The van der Waals surface area contributed by atoms with Gasteiger partial charge < -0.3 is 9.64 Å². The molecule has 0 saturated carbocycles. The second-order valence-electron chi connectivity index (χ2n) is 6.56. The van der Waals surface area contributed by atoms with Crippen LogP contribution in [0.2, 0.25) is 0 Å². The van der Waals surface area contributed by atoms with Gasteiger partial charge in [-0.2, -0.15) is 0 Å². The van der Waals surface area contributed by atoms with Crippen molar-refractivity contribution in [3.8, 4) is 0 Å². The van der Waals surface area contributed by atoms with Crippen LogP contribution in [0.5, 0.6) is 0 Å². The van der Waals surface area contributed by atoms with Crippen LogP contribution in [0.4, 0.5) is 0 Å². The fourth-order valence-corrected chi connectivity index (χ4v) is 4.45. The molecule has 2 aromatic rings. The normalized spacial score (nSPS) is 23.0. The zero-order valence-corrected chi connectivity index (χ0v) is 14.5. The van der Waals surface area contributed by atoms with Gasteiger partial charge in [-0.15, -0.1) is 11.3 Å². The molecule has 5 heteroatoms. The summed E-state index contributed by atoms with van der Waals surface area (Å²) >= 11 is 1.62. The Bertz CT molecular complexity index is 695. The van der Waals surface area contributed by atoms with E-state index in [4.69, 9.17) is 4.74 Å². The standard InChI is InChI=1S/C19H22N2O2S/c22-19(15-8-10-23-13-15)21(12-18-20-9-11-24-18)17-7-3-5-14-4-1-2-6-16(14)17/h1-2,4,6,9,11,15,17H,3,5,7-8,10,12-13H2/t15-,17-/m0/s1. The number of carbonyl (C=O) groups excluding carboxylic acids is 1. The van der Waals surface area contributed by atoms with Gasteiger partial charge in [0.15, 0.2) is 0 Å². The van der Waals surface area contributed by atoms with Crippen LogP contribution in [-0.2, 0) is 22.5 Å². The van der Waals surface area contributed by atoms with Crippen LogP contribution in [-0.4, -0.2) is 29.0 Å². The van der Waals surface area contributed by atoms with Crippen molar-refractivity contribution in [2.45, 2.75) is 38.3 Å². The highest BCUT2D eigenvalue weighted by molar-refractivity contribution is 7.09. The molecule has 24 heavy (non-hydrogen) atoms. The molecule has 4 nitrogen and oxygen atoms in total. The predicted molar refractivity (Wildman–Crippen MR) is 93.7 cm³/mol. The summed E-state index contributed by atoms with van der Waals surface area (Å²) in [6.45, 7) is 1.86. The van der Waals surface area contributed by atoms with Crippen molar-refractivity contribution in [2.24, 2.45) is 5.92 Å². The summed E-state index contributed by atoms with van der Waals surface area (Å²) in [5.74, 6) is 0.225. The molecule has 1 aliphatic heterocycles. The van der Waals surface area contributed by atoms with E-state index in [1.54, 1.807) is 11.3 Å². The molecule has 2 aliphatic rings. The lowest BCUT2D eigenvalue weighted by molar-refractivity contribution is -0.139. The van der Waals surface area contributed by atoms with Gasteiger partial charge in [-0.25, -0.2) is 4.98 Å². The summed E-state index contributed by atoms with van der Waals surface area (Å²) in [6.07, 6.45) is 5.92. The number of aryl methyl sites for hydroxylation is 1. The fraction of sp³-hybridized carbons (Fsp3) is 0.474. The van der Waals surface area contributed by atoms with Gasteiger partial charge in [-0.05, 0) is 36.8 Å². The lowest BCUT2D eigenvalue weighted by Crippen LogP contribution is -2.40. The van der Waals surface area contributed by atoms with Gasteiger partial charge >= 0.3 is 0 Å². The Balaban J connectivity index is 1.66. The van der Waals surface area contributed by atoms with Crippen molar-refractivity contribution >= 4 is 17.2 Å². The minimum absolute atomic E-state index is 0.000879. The highest BCUT2D eigenvalue weighted by Gasteiger charge is 2.35. The van der Waals surface area contributed by atoms with Gasteiger partial charge in [0.25, 0.3) is 0 Å².